The van der Waals surface area contributed by atoms with E-state index >= 15 is 0 Å². The predicted molar refractivity (Wildman–Crippen MR) is 169 cm³/mol. The summed E-state index contributed by atoms with van der Waals surface area (Å²) in [6.07, 6.45) is 0.271. The first-order valence-corrected chi connectivity index (χ1v) is 15.9. The Balaban J connectivity index is 1.78. The van der Waals surface area contributed by atoms with Crippen LogP contribution in [0.2, 0.25) is 0 Å². The molecule has 0 aliphatic rings. The second-order valence-electron chi connectivity index (χ2n) is 9.91. The monoisotopic (exact) mass is 647 g/mol. The number of anilines is 1. The number of carbonyl (C=O) groups is 2. The van der Waals surface area contributed by atoms with Gasteiger partial charge in [-0.25, -0.2) is 8.42 Å². The molecule has 0 bridgehead atoms. The van der Waals surface area contributed by atoms with E-state index < -0.39 is 28.5 Å². The SMILES string of the molecule is CCNC(=O)[C@H](Cc1ccccc1)N(Cc1ccccc1)C(=O)CN(c1cccc(Br)c1)S(=O)(=O)c1ccc(C)cc1. The van der Waals surface area contributed by atoms with Gasteiger partial charge in [-0.1, -0.05) is 100 Å². The van der Waals surface area contributed by atoms with Gasteiger partial charge in [0.1, 0.15) is 12.6 Å². The molecule has 7 nitrogen and oxygen atoms in total. The van der Waals surface area contributed by atoms with Crippen LogP contribution >= 0.6 is 15.9 Å². The van der Waals surface area contributed by atoms with Crippen molar-refractivity contribution in [3.8, 4) is 0 Å². The summed E-state index contributed by atoms with van der Waals surface area (Å²) < 4.78 is 29.8. The number of benzene rings is 4. The summed E-state index contributed by atoms with van der Waals surface area (Å²) in [6.45, 7) is 3.73. The molecule has 0 fully saturated rings. The van der Waals surface area contributed by atoms with Crippen LogP contribution in [0.3, 0.4) is 0 Å². The Hall–Kier alpha value is -3.95. The van der Waals surface area contributed by atoms with Crippen molar-refractivity contribution in [2.24, 2.45) is 0 Å². The van der Waals surface area contributed by atoms with Gasteiger partial charge in [0.2, 0.25) is 11.8 Å². The fraction of sp³-hybridized carbons (Fsp3) is 0.212. The summed E-state index contributed by atoms with van der Waals surface area (Å²) in [7, 11) is -4.14. The zero-order chi connectivity index (χ0) is 30.1. The van der Waals surface area contributed by atoms with Gasteiger partial charge < -0.3 is 10.2 Å². The first-order chi connectivity index (χ1) is 20.2. The second kappa shape index (κ2) is 14.3. The van der Waals surface area contributed by atoms with Gasteiger partial charge >= 0.3 is 0 Å². The molecule has 0 saturated heterocycles. The number of hydrogen-bond donors (Lipinski definition) is 1. The quantitative estimate of drug-likeness (QED) is 0.213. The molecule has 0 aliphatic carbocycles. The van der Waals surface area contributed by atoms with Crippen molar-refractivity contribution in [1.82, 2.24) is 10.2 Å². The molecule has 4 aromatic carbocycles. The van der Waals surface area contributed by atoms with Crippen molar-refractivity contribution < 1.29 is 18.0 Å². The van der Waals surface area contributed by atoms with E-state index in [4.69, 9.17) is 0 Å². The molecule has 1 atom stereocenters. The lowest BCUT2D eigenvalue weighted by atomic mass is 10.0. The van der Waals surface area contributed by atoms with Crippen LogP contribution in [-0.4, -0.2) is 44.3 Å². The maximum absolute atomic E-state index is 14.3. The highest BCUT2D eigenvalue weighted by Gasteiger charge is 2.34. The summed E-state index contributed by atoms with van der Waals surface area (Å²) in [5, 5.41) is 2.87. The Morgan fingerprint density at radius 1 is 0.833 bits per heavy atom. The molecule has 1 N–H and O–H groups in total. The normalized spacial score (nSPS) is 11.9. The average Bonchev–Trinajstić information content (AvgIpc) is 2.99. The van der Waals surface area contributed by atoms with Crippen LogP contribution in [0.4, 0.5) is 5.69 Å². The minimum atomic E-state index is -4.14. The highest BCUT2D eigenvalue weighted by Crippen LogP contribution is 2.27. The molecule has 0 radical (unpaired) electrons. The molecular weight excluding hydrogens is 614 g/mol. The molecule has 0 heterocycles. The molecule has 218 valence electrons. The number of aryl methyl sites for hydroxylation is 1. The van der Waals surface area contributed by atoms with Gasteiger partial charge in [0.05, 0.1) is 10.6 Å². The molecule has 0 aromatic heterocycles. The number of hydrogen-bond acceptors (Lipinski definition) is 4. The van der Waals surface area contributed by atoms with Gasteiger partial charge in [-0.05, 0) is 55.3 Å². The minimum Gasteiger partial charge on any atom is -0.355 e. The van der Waals surface area contributed by atoms with E-state index in [1.54, 1.807) is 36.4 Å². The van der Waals surface area contributed by atoms with Gasteiger partial charge in [0.15, 0.2) is 0 Å². The molecule has 4 aromatic rings. The van der Waals surface area contributed by atoms with Crippen molar-refractivity contribution in [3.63, 3.8) is 0 Å². The van der Waals surface area contributed by atoms with Gasteiger partial charge in [0.25, 0.3) is 10.0 Å². The minimum absolute atomic E-state index is 0.0695. The number of rotatable bonds is 12. The molecule has 0 spiro atoms. The Bertz CT molecular complexity index is 1600. The molecule has 9 heteroatoms. The van der Waals surface area contributed by atoms with E-state index in [-0.39, 0.29) is 23.8 Å². The zero-order valence-corrected chi connectivity index (χ0v) is 26.0. The lowest BCUT2D eigenvalue weighted by Gasteiger charge is -2.33. The average molecular weight is 649 g/mol. The number of nitrogens with one attached hydrogen (secondary N) is 1. The second-order valence-corrected chi connectivity index (χ2v) is 12.7. The first-order valence-electron chi connectivity index (χ1n) is 13.7. The number of halogens is 1. The van der Waals surface area contributed by atoms with Crippen LogP contribution in [-0.2, 0) is 32.6 Å². The third kappa shape index (κ3) is 7.86. The predicted octanol–water partition coefficient (Wildman–Crippen LogP) is 5.73. The highest BCUT2D eigenvalue weighted by molar-refractivity contribution is 9.10. The van der Waals surface area contributed by atoms with Crippen molar-refractivity contribution >= 4 is 43.5 Å². The van der Waals surface area contributed by atoms with Crippen LogP contribution in [0.1, 0.15) is 23.6 Å². The molecular formula is C33H34BrN3O4S. The van der Waals surface area contributed by atoms with Crippen LogP contribution in [0.15, 0.2) is 119 Å². The maximum atomic E-state index is 14.3. The summed E-state index contributed by atoms with van der Waals surface area (Å²) in [5.41, 5.74) is 2.95. The van der Waals surface area contributed by atoms with Gasteiger partial charge in [0, 0.05) is 24.0 Å². The summed E-state index contributed by atoms with van der Waals surface area (Å²) in [6, 6.07) is 31.3. The van der Waals surface area contributed by atoms with E-state index in [0.717, 1.165) is 21.0 Å². The van der Waals surface area contributed by atoms with Gasteiger partial charge in [-0.3, -0.25) is 13.9 Å². The van der Waals surface area contributed by atoms with E-state index in [2.05, 4.69) is 21.2 Å². The third-order valence-electron chi connectivity index (χ3n) is 6.80. The van der Waals surface area contributed by atoms with E-state index in [9.17, 15) is 18.0 Å². The highest BCUT2D eigenvalue weighted by atomic mass is 79.9. The molecule has 0 aliphatic heterocycles. The number of amides is 2. The number of nitrogens with zero attached hydrogens (tertiary/aromatic N) is 2. The lowest BCUT2D eigenvalue weighted by molar-refractivity contribution is -0.140. The smallest absolute Gasteiger partial charge is 0.264 e. The Labute approximate surface area is 256 Å². The standard InChI is InChI=1S/C33H34BrN3O4S/c1-3-35-33(39)31(21-26-11-6-4-7-12-26)36(23-27-13-8-5-9-14-27)32(38)24-37(29-16-10-15-28(34)22-29)42(40,41)30-19-17-25(2)18-20-30/h4-20,22,31H,3,21,23-24H2,1-2H3,(H,35,39)/t31-/m0/s1. The Kier molecular flexibility index (Phi) is 10.5. The molecule has 0 unspecified atom stereocenters. The topological polar surface area (TPSA) is 86.8 Å². The van der Waals surface area contributed by atoms with Crippen molar-refractivity contribution in [2.75, 3.05) is 17.4 Å². The van der Waals surface area contributed by atoms with Crippen molar-refractivity contribution in [1.29, 1.82) is 0 Å². The van der Waals surface area contributed by atoms with E-state index in [1.807, 2.05) is 74.5 Å². The number of carbonyl (C=O) groups excluding carboxylic acids is 2. The maximum Gasteiger partial charge on any atom is 0.264 e. The van der Waals surface area contributed by atoms with Crippen LogP contribution in [0.5, 0.6) is 0 Å². The number of sulfonamides is 1. The lowest BCUT2D eigenvalue weighted by Crippen LogP contribution is -2.53. The van der Waals surface area contributed by atoms with Crippen molar-refractivity contribution in [2.45, 2.75) is 37.8 Å². The molecule has 42 heavy (non-hydrogen) atoms. The largest absolute Gasteiger partial charge is 0.355 e. The fourth-order valence-corrected chi connectivity index (χ4v) is 6.42. The first kappa shape index (κ1) is 31.0. The summed E-state index contributed by atoms with van der Waals surface area (Å²) >= 11 is 3.43. The van der Waals surface area contributed by atoms with Gasteiger partial charge in [-0.15, -0.1) is 0 Å². The van der Waals surface area contributed by atoms with E-state index in [0.29, 0.717) is 16.7 Å². The van der Waals surface area contributed by atoms with Crippen LogP contribution in [0.25, 0.3) is 0 Å². The molecule has 2 amide bonds. The molecule has 0 saturated carbocycles. The Morgan fingerprint density at radius 3 is 2.05 bits per heavy atom. The van der Waals surface area contributed by atoms with Crippen LogP contribution < -0.4 is 9.62 Å². The summed E-state index contributed by atoms with van der Waals surface area (Å²) in [5.74, 6) is -0.803. The van der Waals surface area contributed by atoms with Crippen LogP contribution in [0, 0.1) is 6.92 Å². The van der Waals surface area contributed by atoms with Crippen molar-refractivity contribution in [3.05, 3.63) is 130 Å². The number of likely N-dealkylation sites (N-methyl/N-ethyl adjacent to an activating group) is 1. The molecule has 4 rings (SSSR count). The third-order valence-corrected chi connectivity index (χ3v) is 9.08. The fourth-order valence-electron chi connectivity index (χ4n) is 4.62. The Morgan fingerprint density at radius 2 is 1.45 bits per heavy atom. The van der Waals surface area contributed by atoms with Gasteiger partial charge in [-0.2, -0.15) is 0 Å². The van der Waals surface area contributed by atoms with E-state index in [1.165, 1.54) is 17.0 Å². The summed E-state index contributed by atoms with van der Waals surface area (Å²) in [4.78, 5) is 29.4. The zero-order valence-electron chi connectivity index (χ0n) is 23.6.